The van der Waals surface area contributed by atoms with Crippen molar-refractivity contribution in [1.82, 2.24) is 0 Å². The molecule has 0 heterocycles. The van der Waals surface area contributed by atoms with E-state index in [0.717, 1.165) is 5.75 Å². The van der Waals surface area contributed by atoms with E-state index in [-0.39, 0.29) is 17.1 Å². The van der Waals surface area contributed by atoms with Gasteiger partial charge in [0.15, 0.2) is 0 Å². The largest absolute Gasteiger partial charge is 0.465 e. The molecule has 0 radical (unpaired) electrons. The van der Waals surface area contributed by atoms with Gasteiger partial charge in [-0.3, -0.25) is 4.79 Å². The summed E-state index contributed by atoms with van der Waals surface area (Å²) in [7, 11) is 0. The lowest BCUT2D eigenvalue weighted by Crippen LogP contribution is -2.26. The number of ether oxygens (including phenoxy) is 1. The topological polar surface area (TPSA) is 26.3 Å². The van der Waals surface area contributed by atoms with Gasteiger partial charge in [0, 0.05) is 0 Å². The molecule has 0 aliphatic heterocycles. The molecular formula is C10H18O2S. The molecule has 0 rings (SSSR count). The van der Waals surface area contributed by atoms with Crippen LogP contribution in [0, 0.1) is 5.92 Å². The second-order valence-electron chi connectivity index (χ2n) is 2.72. The van der Waals surface area contributed by atoms with E-state index in [1.54, 1.807) is 17.8 Å². The lowest BCUT2D eigenvalue weighted by atomic mass is 10.1. The molecule has 0 saturated carbocycles. The summed E-state index contributed by atoms with van der Waals surface area (Å²) in [6.45, 7) is 9.97. The van der Waals surface area contributed by atoms with Gasteiger partial charge in [0.2, 0.25) is 0 Å². The third-order valence-corrected chi connectivity index (χ3v) is 3.03. The second kappa shape index (κ2) is 7.01. The Morgan fingerprint density at radius 3 is 2.62 bits per heavy atom. The van der Waals surface area contributed by atoms with Crippen molar-refractivity contribution < 1.29 is 9.53 Å². The van der Waals surface area contributed by atoms with Crippen LogP contribution in [0.5, 0.6) is 0 Å². The first-order chi connectivity index (χ1) is 6.17. The smallest absolute Gasteiger partial charge is 0.319 e. The van der Waals surface area contributed by atoms with Gasteiger partial charge in [0.1, 0.15) is 5.25 Å². The summed E-state index contributed by atoms with van der Waals surface area (Å²) in [6, 6.07) is 0. The zero-order valence-electron chi connectivity index (χ0n) is 8.58. The molecule has 0 saturated heterocycles. The molecule has 2 nitrogen and oxygen atoms in total. The minimum absolute atomic E-state index is 0.0950. The fourth-order valence-electron chi connectivity index (χ4n) is 0.962. The summed E-state index contributed by atoms with van der Waals surface area (Å²) in [6.07, 6.45) is 1.80. The Kier molecular flexibility index (Phi) is 6.77. The summed E-state index contributed by atoms with van der Waals surface area (Å²) in [5.74, 6) is 0.965. The van der Waals surface area contributed by atoms with Gasteiger partial charge < -0.3 is 4.74 Å². The van der Waals surface area contributed by atoms with Crippen LogP contribution in [0.2, 0.25) is 0 Å². The highest BCUT2D eigenvalue weighted by Crippen LogP contribution is 2.21. The van der Waals surface area contributed by atoms with Gasteiger partial charge in [0.25, 0.3) is 0 Å². The Balaban J connectivity index is 4.21. The van der Waals surface area contributed by atoms with Crippen molar-refractivity contribution in [3.8, 4) is 0 Å². The van der Waals surface area contributed by atoms with Gasteiger partial charge in [-0.15, -0.1) is 18.3 Å². The molecule has 0 aromatic carbocycles. The number of allylic oxidation sites excluding steroid dienone is 1. The molecule has 3 heteroatoms. The van der Waals surface area contributed by atoms with Gasteiger partial charge in [-0.1, -0.05) is 19.9 Å². The van der Waals surface area contributed by atoms with Crippen LogP contribution in [0.4, 0.5) is 0 Å². The minimum atomic E-state index is -0.123. The molecule has 0 N–H and O–H groups in total. The van der Waals surface area contributed by atoms with Crippen LogP contribution in [0.1, 0.15) is 20.8 Å². The Morgan fingerprint density at radius 1 is 1.62 bits per heavy atom. The average Bonchev–Trinajstić information content (AvgIpc) is 2.13. The molecule has 0 aliphatic carbocycles. The average molecular weight is 202 g/mol. The lowest BCUT2D eigenvalue weighted by Gasteiger charge is -2.18. The van der Waals surface area contributed by atoms with Gasteiger partial charge in [-0.05, 0) is 18.6 Å². The Labute approximate surface area is 84.7 Å². The fourth-order valence-corrected chi connectivity index (χ4v) is 1.94. The van der Waals surface area contributed by atoms with E-state index in [0.29, 0.717) is 6.61 Å². The van der Waals surface area contributed by atoms with E-state index in [2.05, 4.69) is 6.58 Å². The van der Waals surface area contributed by atoms with Crippen molar-refractivity contribution in [2.75, 3.05) is 12.4 Å². The summed E-state index contributed by atoms with van der Waals surface area (Å²) in [5.41, 5.74) is 0. The zero-order valence-corrected chi connectivity index (χ0v) is 9.39. The molecule has 0 spiro atoms. The maximum absolute atomic E-state index is 11.4. The molecule has 0 aromatic heterocycles. The quantitative estimate of drug-likeness (QED) is 0.489. The first-order valence-corrected chi connectivity index (χ1v) is 5.63. The number of rotatable bonds is 6. The molecule has 0 fully saturated rings. The van der Waals surface area contributed by atoms with Gasteiger partial charge in [0.05, 0.1) is 6.61 Å². The van der Waals surface area contributed by atoms with Crippen molar-refractivity contribution in [3.63, 3.8) is 0 Å². The van der Waals surface area contributed by atoms with Crippen LogP contribution in [0.3, 0.4) is 0 Å². The number of hydrogen-bond donors (Lipinski definition) is 0. The predicted octanol–water partition coefficient (Wildman–Crippen LogP) is 2.49. The Morgan fingerprint density at radius 2 is 2.23 bits per heavy atom. The third kappa shape index (κ3) is 4.36. The first-order valence-electron chi connectivity index (χ1n) is 4.58. The highest BCUT2D eigenvalue weighted by molar-refractivity contribution is 8.00. The van der Waals surface area contributed by atoms with Crippen molar-refractivity contribution in [1.29, 1.82) is 0 Å². The maximum Gasteiger partial charge on any atom is 0.319 e. The van der Waals surface area contributed by atoms with Crippen LogP contribution in [0.25, 0.3) is 0 Å². The van der Waals surface area contributed by atoms with E-state index in [4.69, 9.17) is 4.74 Å². The first kappa shape index (κ1) is 12.6. The summed E-state index contributed by atoms with van der Waals surface area (Å²) >= 11 is 1.61. The SMILES string of the molecule is C=CC(C)C(SCC)C(=O)OCC. The van der Waals surface area contributed by atoms with Crippen LogP contribution in [-0.4, -0.2) is 23.6 Å². The number of thioether (sulfide) groups is 1. The molecule has 76 valence electrons. The summed E-state index contributed by atoms with van der Waals surface area (Å²) in [5, 5.41) is -0.0950. The third-order valence-electron chi connectivity index (χ3n) is 1.71. The highest BCUT2D eigenvalue weighted by Gasteiger charge is 2.23. The molecule has 2 atom stereocenters. The highest BCUT2D eigenvalue weighted by atomic mass is 32.2. The number of esters is 1. The van der Waals surface area contributed by atoms with Crippen LogP contribution in [0.15, 0.2) is 12.7 Å². The molecule has 0 aliphatic rings. The molecule has 2 unspecified atom stereocenters. The Bertz CT molecular complexity index is 168. The molecule has 0 aromatic rings. The predicted molar refractivity (Wildman–Crippen MR) is 57.9 cm³/mol. The second-order valence-corrected chi connectivity index (χ2v) is 4.14. The monoisotopic (exact) mass is 202 g/mol. The zero-order chi connectivity index (χ0) is 10.3. The maximum atomic E-state index is 11.4. The molecular weight excluding hydrogens is 184 g/mol. The molecule has 0 amide bonds. The van der Waals surface area contributed by atoms with E-state index >= 15 is 0 Å². The molecule has 0 bridgehead atoms. The van der Waals surface area contributed by atoms with Crippen molar-refractivity contribution in [2.24, 2.45) is 5.92 Å². The summed E-state index contributed by atoms with van der Waals surface area (Å²) in [4.78, 5) is 11.4. The van der Waals surface area contributed by atoms with Gasteiger partial charge in [-0.2, -0.15) is 0 Å². The van der Waals surface area contributed by atoms with Crippen LogP contribution >= 0.6 is 11.8 Å². The van der Waals surface area contributed by atoms with Crippen molar-refractivity contribution in [2.45, 2.75) is 26.0 Å². The normalized spacial score (nSPS) is 14.7. The minimum Gasteiger partial charge on any atom is -0.465 e. The fraction of sp³-hybridized carbons (Fsp3) is 0.700. The van der Waals surface area contributed by atoms with E-state index in [1.165, 1.54) is 0 Å². The number of carbonyl (C=O) groups is 1. The van der Waals surface area contributed by atoms with E-state index in [1.807, 2.05) is 20.8 Å². The van der Waals surface area contributed by atoms with Gasteiger partial charge in [-0.25, -0.2) is 0 Å². The van der Waals surface area contributed by atoms with Crippen molar-refractivity contribution in [3.05, 3.63) is 12.7 Å². The Hall–Kier alpha value is -0.440. The van der Waals surface area contributed by atoms with E-state index in [9.17, 15) is 4.79 Å². The molecule has 13 heavy (non-hydrogen) atoms. The van der Waals surface area contributed by atoms with E-state index < -0.39 is 0 Å². The lowest BCUT2D eigenvalue weighted by molar-refractivity contribution is -0.143. The summed E-state index contributed by atoms with van der Waals surface area (Å²) < 4.78 is 4.97. The van der Waals surface area contributed by atoms with Crippen LogP contribution < -0.4 is 0 Å². The van der Waals surface area contributed by atoms with Gasteiger partial charge >= 0.3 is 5.97 Å². The van der Waals surface area contributed by atoms with Crippen LogP contribution in [-0.2, 0) is 9.53 Å². The number of carbonyl (C=O) groups excluding carboxylic acids is 1. The standard InChI is InChI=1S/C10H18O2S/c1-5-8(4)9(13-7-3)10(11)12-6-2/h5,8-9H,1,6-7H2,2-4H3. The van der Waals surface area contributed by atoms with Crippen molar-refractivity contribution >= 4 is 17.7 Å². The number of hydrogen-bond acceptors (Lipinski definition) is 3.